The van der Waals surface area contributed by atoms with Gasteiger partial charge in [-0.3, -0.25) is 0 Å². The van der Waals surface area contributed by atoms with Gasteiger partial charge in [-0.1, -0.05) is 65.2 Å². The molecule has 0 fully saturated rings. The van der Waals surface area contributed by atoms with E-state index in [2.05, 4.69) is 103 Å². The van der Waals surface area contributed by atoms with Crippen molar-refractivity contribution in [3.05, 3.63) is 10.1 Å². The number of allylic oxidation sites excluding steroid dienone is 2. The summed E-state index contributed by atoms with van der Waals surface area (Å²) in [6.07, 6.45) is 2.33. The maximum Gasteiger partial charge on any atom is 0.673 e. The van der Waals surface area contributed by atoms with Crippen molar-refractivity contribution in [2.24, 2.45) is 0 Å². The highest BCUT2D eigenvalue weighted by Gasteiger charge is 2.65. The third-order valence-corrected chi connectivity index (χ3v) is 32.7. The van der Waals surface area contributed by atoms with E-state index >= 15 is 0 Å². The molecule has 0 bridgehead atoms. The van der Waals surface area contributed by atoms with Gasteiger partial charge in [0.2, 0.25) is 0 Å². The molecule has 0 aliphatic heterocycles. The summed E-state index contributed by atoms with van der Waals surface area (Å²) in [7, 11) is -10.1. The van der Waals surface area contributed by atoms with Crippen LogP contribution in [0.1, 0.15) is 34.6 Å². The van der Waals surface area contributed by atoms with Crippen molar-refractivity contribution in [2.75, 3.05) is 19.3 Å². The van der Waals surface area contributed by atoms with Crippen molar-refractivity contribution in [3.8, 4) is 0 Å². The predicted octanol–water partition coefficient (Wildman–Crippen LogP) is 7.95. The zero-order chi connectivity index (χ0) is 24.5. The molecule has 0 spiro atoms. The van der Waals surface area contributed by atoms with E-state index in [0.29, 0.717) is 5.04 Å². The molecule has 1 unspecified atom stereocenters. The van der Waals surface area contributed by atoms with E-state index in [1.807, 2.05) is 5.20 Å². The molecule has 1 rings (SSSR count). The number of rotatable bonds is 7. The van der Waals surface area contributed by atoms with Crippen LogP contribution in [-0.2, 0) is 0 Å². The first kappa shape index (κ1) is 30.2. The second kappa shape index (κ2) is 9.99. The van der Waals surface area contributed by atoms with E-state index in [1.54, 1.807) is 10.6 Å². The Morgan fingerprint density at radius 2 is 1.30 bits per heavy atom. The molecule has 1 atom stereocenters. The van der Waals surface area contributed by atoms with Crippen LogP contribution in [0.5, 0.6) is 0 Å². The molecule has 0 heterocycles. The van der Waals surface area contributed by atoms with Gasteiger partial charge in [0.05, 0.1) is 20.7 Å². The maximum atomic E-state index is 9.75. The Balaban J connectivity index is 0.00000150. The van der Waals surface area contributed by atoms with Crippen LogP contribution in [0.2, 0.25) is 56.4 Å². The van der Waals surface area contributed by atoms with Gasteiger partial charge in [-0.2, -0.15) is 0 Å². The van der Waals surface area contributed by atoms with Gasteiger partial charge in [-0.05, 0) is 27.0 Å². The molecule has 0 aromatic rings. The summed E-state index contributed by atoms with van der Waals surface area (Å²) in [4.78, 5) is 1.77. The lowest BCUT2D eigenvalue weighted by Crippen LogP contribution is -2.67. The predicted molar refractivity (Wildman–Crippen MR) is 139 cm³/mol. The van der Waals surface area contributed by atoms with Gasteiger partial charge >= 0.3 is 7.25 Å². The third kappa shape index (κ3) is 5.76. The zero-order valence-electron chi connectivity index (χ0n) is 21.4. The smallest absolute Gasteiger partial charge is 0.418 e. The van der Waals surface area contributed by atoms with E-state index in [1.165, 1.54) is 0 Å². The first-order valence-electron chi connectivity index (χ1n) is 10.9. The average Bonchev–Trinajstić information content (AvgIpc) is 2.53. The summed E-state index contributed by atoms with van der Waals surface area (Å²) in [5.74, 6) is 0. The summed E-state index contributed by atoms with van der Waals surface area (Å²) < 4.78 is 41.7. The van der Waals surface area contributed by atoms with Crippen molar-refractivity contribution in [1.82, 2.24) is 0 Å². The van der Waals surface area contributed by atoms with Crippen LogP contribution in [0.4, 0.5) is 17.3 Å². The van der Waals surface area contributed by atoms with Gasteiger partial charge in [0, 0.05) is 17.7 Å². The van der Waals surface area contributed by atoms with Crippen molar-refractivity contribution in [1.29, 1.82) is 0 Å². The summed E-state index contributed by atoms with van der Waals surface area (Å²) in [6, 6.07) is 0. The van der Waals surface area contributed by atoms with Gasteiger partial charge in [-0.15, -0.1) is 11.8 Å². The molecule has 0 aromatic carbocycles. The first-order chi connectivity index (χ1) is 13.2. The lowest BCUT2D eigenvalue weighted by atomic mass is 9.90. The molecule has 1 aliphatic carbocycles. The van der Waals surface area contributed by atoms with E-state index in [9.17, 15) is 17.3 Å². The van der Waals surface area contributed by atoms with Crippen LogP contribution in [0, 0.1) is 0 Å². The molecular formula is C20H44BF4NSSi3. The number of halogens is 4. The largest absolute Gasteiger partial charge is 0.673 e. The van der Waals surface area contributed by atoms with Crippen LogP contribution >= 0.6 is 11.8 Å². The number of thioether (sulfide) groups is 1. The second-order valence-corrected chi connectivity index (χ2v) is 33.1. The fourth-order valence-corrected chi connectivity index (χ4v) is 20.6. The average molecular weight is 502 g/mol. The fraction of sp³-hybridized carbons (Fsp3) is 0.850. The normalized spacial score (nSPS) is 20.8. The Bertz CT molecular complexity index is 671. The van der Waals surface area contributed by atoms with Gasteiger partial charge < -0.3 is 17.3 Å². The highest BCUT2D eigenvalue weighted by atomic mass is 32.2. The quantitative estimate of drug-likeness (QED) is 0.194. The molecule has 0 saturated heterocycles. The molecule has 10 heteroatoms. The minimum atomic E-state index is -6.00. The number of hydrogen-bond acceptors (Lipinski definition) is 1. The third-order valence-electron chi connectivity index (χ3n) is 7.85. The van der Waals surface area contributed by atoms with E-state index in [-0.39, 0.29) is 0 Å². The van der Waals surface area contributed by atoms with Crippen LogP contribution < -0.4 is 0 Å². The summed E-state index contributed by atoms with van der Waals surface area (Å²) in [5.41, 5.74) is 2.61. The molecule has 178 valence electrons. The molecule has 0 saturated carbocycles. The summed E-state index contributed by atoms with van der Waals surface area (Å²) in [6.45, 7) is 32.9. The minimum absolute atomic E-state index is 0.333. The molecule has 30 heavy (non-hydrogen) atoms. The first-order valence-corrected chi connectivity index (χ1v) is 22.8. The van der Waals surface area contributed by atoms with Crippen molar-refractivity contribution >= 4 is 48.0 Å². The van der Waals surface area contributed by atoms with Gasteiger partial charge in [0.25, 0.3) is 0 Å². The molecular weight excluding hydrogens is 457 g/mol. The van der Waals surface area contributed by atoms with E-state index in [0.717, 1.165) is 18.6 Å². The lowest BCUT2D eigenvalue weighted by molar-refractivity contribution is -0.522. The van der Waals surface area contributed by atoms with Crippen molar-refractivity contribution < 1.29 is 21.8 Å². The lowest BCUT2D eigenvalue weighted by Gasteiger charge is -2.55. The molecule has 1 nitrogen and oxygen atoms in total. The SMILES string of the molecule is CC[N+](CC)=C1C([Si](C)(C)[Si](C)(C)C(C)C)=C(SC)C1(C)[Si](C)(C)C.F[B-](F)(F)F. The van der Waals surface area contributed by atoms with Gasteiger partial charge in [-0.25, -0.2) is 4.58 Å². The Kier molecular flexibility index (Phi) is 10.1. The van der Waals surface area contributed by atoms with Crippen LogP contribution in [0.3, 0.4) is 0 Å². The number of nitrogens with zero attached hydrogens (tertiary/aromatic N) is 1. The maximum absolute atomic E-state index is 9.75. The second-order valence-electron chi connectivity index (χ2n) is 10.8. The van der Waals surface area contributed by atoms with E-state index < -0.39 is 30.5 Å². The Morgan fingerprint density at radius 1 is 0.933 bits per heavy atom. The molecule has 0 N–H and O–H groups in total. The highest BCUT2D eigenvalue weighted by Crippen LogP contribution is 2.63. The Hall–Kier alpha value is 0.196. The van der Waals surface area contributed by atoms with Crippen LogP contribution in [-0.4, -0.2) is 60.1 Å². The van der Waals surface area contributed by atoms with Gasteiger partial charge in [0.15, 0.2) is 5.71 Å². The fourth-order valence-electron chi connectivity index (χ4n) is 4.29. The van der Waals surface area contributed by atoms with E-state index in [4.69, 9.17) is 0 Å². The number of hydrogen-bond donors (Lipinski definition) is 0. The van der Waals surface area contributed by atoms with Crippen LogP contribution in [0.15, 0.2) is 10.1 Å². The minimum Gasteiger partial charge on any atom is -0.418 e. The summed E-state index contributed by atoms with van der Waals surface area (Å²) in [5, 5.41) is 2.19. The molecule has 0 radical (unpaired) electrons. The summed E-state index contributed by atoms with van der Waals surface area (Å²) >= 11 is 2.07. The van der Waals surface area contributed by atoms with Crippen molar-refractivity contribution in [2.45, 2.75) is 91.0 Å². The monoisotopic (exact) mass is 501 g/mol. The van der Waals surface area contributed by atoms with Gasteiger partial charge in [0.1, 0.15) is 13.1 Å². The zero-order valence-corrected chi connectivity index (χ0v) is 25.3. The molecule has 0 aromatic heterocycles. The van der Waals surface area contributed by atoms with Crippen molar-refractivity contribution in [3.63, 3.8) is 0 Å². The highest BCUT2D eigenvalue weighted by molar-refractivity contribution is 8.03. The Labute approximate surface area is 190 Å². The Morgan fingerprint density at radius 3 is 1.53 bits per heavy atom. The van der Waals surface area contributed by atoms with Crippen LogP contribution in [0.25, 0.3) is 0 Å². The molecule has 0 amide bonds. The topological polar surface area (TPSA) is 3.01 Å². The standard InChI is InChI=1S/C20H44NSSi3.BF4/c1-14-21(15-2)18-17(25(12,13)24(10,11)16(3)4)19(22-6)20(18,5)23(7,8)9;2-1(3,4)5/h16H,14-15H2,1-13H3;/q+1;-1. The molecule has 1 aliphatic rings.